The second kappa shape index (κ2) is 40.7. The number of H-pyrrole nitrogens is 1. The van der Waals surface area contributed by atoms with Crippen LogP contribution < -0.4 is 70.4 Å². The minimum atomic E-state index is -1.76. The quantitative estimate of drug-likeness (QED) is 0.0276. The third-order valence-corrected chi connectivity index (χ3v) is 18.7. The van der Waals surface area contributed by atoms with E-state index in [2.05, 4.69) is 58.2 Å². The van der Waals surface area contributed by atoms with E-state index in [-0.39, 0.29) is 90.0 Å². The molecule has 5 heterocycles. The van der Waals surface area contributed by atoms with E-state index in [9.17, 15) is 102 Å². The van der Waals surface area contributed by atoms with Crippen LogP contribution in [0.2, 0.25) is 0 Å². The molecular weight excluding hydrogens is 1390 g/mol. The highest BCUT2D eigenvalue weighted by Crippen LogP contribution is 2.29. The number of rotatable bonds is 40. The number of carboxylic acids is 2. The number of aliphatic carboxylic acids is 2. The van der Waals surface area contributed by atoms with Gasteiger partial charge in [-0.2, -0.15) is 0 Å². The summed E-state index contributed by atoms with van der Waals surface area (Å²) < 4.78 is 0. The summed E-state index contributed by atoms with van der Waals surface area (Å²) in [6.45, 7) is 1.23. The van der Waals surface area contributed by atoms with Crippen molar-refractivity contribution in [3.05, 3.63) is 36.0 Å². The number of primary amides is 1. The molecule has 39 nitrogen and oxygen atoms in total. The molecule has 584 valence electrons. The van der Waals surface area contributed by atoms with Crippen LogP contribution in [0.4, 0.5) is 0 Å². The summed E-state index contributed by atoms with van der Waals surface area (Å²) in [6, 6.07) is -8.87. The summed E-state index contributed by atoms with van der Waals surface area (Å²) in [5, 5.41) is 63.7. The van der Waals surface area contributed by atoms with Crippen LogP contribution in [0.15, 0.2) is 30.5 Å². The molecule has 0 bridgehead atoms. The first-order valence-corrected chi connectivity index (χ1v) is 35.5. The fourth-order valence-electron chi connectivity index (χ4n) is 13.1. The van der Waals surface area contributed by atoms with E-state index < -0.39 is 219 Å². The highest BCUT2D eigenvalue weighted by Gasteiger charge is 2.47. The smallest absolute Gasteiger partial charge is 0.326 e. The number of aliphatic hydroxyl groups is 2. The fraction of sp³-hybridized carbons (Fsp3) is 0.627. The lowest BCUT2D eigenvalue weighted by Crippen LogP contribution is -2.59. The van der Waals surface area contributed by atoms with Crippen molar-refractivity contribution in [2.24, 2.45) is 23.1 Å². The van der Waals surface area contributed by atoms with Gasteiger partial charge in [0.1, 0.15) is 66.5 Å². The number of amides is 15. The van der Waals surface area contributed by atoms with Gasteiger partial charge in [-0.25, -0.2) is 4.79 Å². The number of hydrogen-bond acceptors (Lipinski definition) is 21. The summed E-state index contributed by atoms with van der Waals surface area (Å²) in [6.07, 6.45) is 3.26. The lowest BCUT2D eigenvalue weighted by Gasteiger charge is -2.34. The van der Waals surface area contributed by atoms with Crippen LogP contribution in [-0.2, 0) is 87.9 Å². The van der Waals surface area contributed by atoms with E-state index in [1.54, 1.807) is 44.3 Å². The van der Waals surface area contributed by atoms with Crippen LogP contribution in [0.5, 0.6) is 0 Å². The predicted octanol–water partition coefficient (Wildman–Crippen LogP) is -7.25. The number of likely N-dealkylation sites (tertiary alicyclic amines) is 4. The van der Waals surface area contributed by atoms with Gasteiger partial charge >= 0.3 is 11.9 Å². The molecule has 39 heteroatoms. The molecule has 0 saturated carbocycles. The van der Waals surface area contributed by atoms with Gasteiger partial charge in [0, 0.05) is 56.1 Å². The molecule has 0 aliphatic carbocycles. The molecule has 1 aromatic heterocycles. The largest absolute Gasteiger partial charge is 0.481 e. The standard InChI is InChI=1S/C67H100N18O21/c1-35(2)26-42(78-61(99)43(77-56(94)39(69)19-20-55(92)93)27-37-29-71-40-13-5-4-12-38(37)40)60(98)76-41(14-6-7-21-68)59(97)79-44(28-51(70)88)57(95)73-30-52(89)72-32-54(91)82-22-8-15-47(82)63(101)81-46(34-87)62(100)80-45(33-86)58(96)74-31-53(90)75-36(3)64(102)83-23-9-16-48(83)65(103)84-24-10-17-49(84)66(104)85-25-11-18-50(85)67(105)106/h4-5,12-13,29,35-36,39,41-50,71,86-87H,6-11,14-28,30-34,68-69H2,1-3H3,(H2,70,88)(H,72,89)(H,73,95)(H,74,96)(H,75,90)(H,76,98)(H,77,94)(H,78,99)(H,79,97)(H,80,100)(H,81,101)(H,92,93)(H,105,106)/t36-,39-,41-,42-,43-,44-,45-,46-,47-,48-,49-,50-/m0/s1. The second-order valence-corrected chi connectivity index (χ2v) is 27.1. The number of aromatic nitrogens is 1. The minimum Gasteiger partial charge on any atom is -0.481 e. The first kappa shape index (κ1) is 84.5. The Kier molecular flexibility index (Phi) is 32.5. The van der Waals surface area contributed by atoms with Gasteiger partial charge in [-0.1, -0.05) is 32.0 Å². The van der Waals surface area contributed by atoms with Gasteiger partial charge < -0.3 is 115 Å². The van der Waals surface area contributed by atoms with Gasteiger partial charge in [-0.3, -0.25) is 76.7 Å². The van der Waals surface area contributed by atoms with E-state index in [1.165, 1.54) is 21.6 Å². The first-order valence-electron chi connectivity index (χ1n) is 35.5. The zero-order valence-corrected chi connectivity index (χ0v) is 59.5. The maximum absolute atomic E-state index is 14.3. The number of carbonyl (C=O) groups excluding carboxylic acids is 15. The molecule has 21 N–H and O–H groups in total. The van der Waals surface area contributed by atoms with Crippen LogP contribution in [0, 0.1) is 5.92 Å². The van der Waals surface area contributed by atoms with Crippen LogP contribution >= 0.6 is 0 Å². The molecule has 0 spiro atoms. The van der Waals surface area contributed by atoms with E-state index in [0.29, 0.717) is 44.1 Å². The van der Waals surface area contributed by atoms with Crippen molar-refractivity contribution < 1.29 is 102 Å². The number of fused-ring (bicyclic) bond motifs is 1. The molecular formula is C67H100N18O21. The number of hydrogen-bond donors (Lipinski definition) is 18. The summed E-state index contributed by atoms with van der Waals surface area (Å²) in [5.74, 6) is -15.7. The van der Waals surface area contributed by atoms with E-state index in [1.807, 2.05) is 0 Å². The molecule has 0 radical (unpaired) electrons. The molecule has 106 heavy (non-hydrogen) atoms. The molecule has 12 atom stereocenters. The van der Waals surface area contributed by atoms with Gasteiger partial charge in [0.2, 0.25) is 88.6 Å². The third kappa shape index (κ3) is 24.1. The molecule has 15 amide bonds. The second-order valence-electron chi connectivity index (χ2n) is 27.1. The number of nitrogens with two attached hydrogens (primary N) is 3. The number of carboxylic acid groups (broad SMARTS) is 2. The Morgan fingerprint density at radius 1 is 0.538 bits per heavy atom. The Morgan fingerprint density at radius 3 is 1.66 bits per heavy atom. The van der Waals surface area contributed by atoms with Crippen molar-refractivity contribution in [2.75, 3.05) is 65.6 Å². The first-order chi connectivity index (χ1) is 50.4. The molecule has 2 aromatic rings. The summed E-state index contributed by atoms with van der Waals surface area (Å²) >= 11 is 0. The normalized spacial score (nSPS) is 19.2. The monoisotopic (exact) mass is 1490 g/mol. The van der Waals surface area contributed by atoms with Gasteiger partial charge in [0.05, 0.1) is 45.3 Å². The highest BCUT2D eigenvalue weighted by atomic mass is 16.4. The maximum Gasteiger partial charge on any atom is 0.326 e. The Morgan fingerprint density at radius 2 is 1.05 bits per heavy atom. The number of aliphatic hydroxyl groups excluding tert-OH is 2. The Labute approximate surface area is 609 Å². The van der Waals surface area contributed by atoms with Gasteiger partial charge in [-0.05, 0) is 114 Å². The number of aromatic amines is 1. The topological polar surface area (TPSA) is 598 Å². The Hall–Kier alpha value is -10.4. The number of nitrogens with one attached hydrogen (secondary N) is 11. The van der Waals surface area contributed by atoms with E-state index in [0.717, 1.165) is 15.8 Å². The summed E-state index contributed by atoms with van der Waals surface area (Å²) in [4.78, 5) is 234. The number of carbonyl (C=O) groups is 17. The lowest BCUT2D eigenvalue weighted by molar-refractivity contribution is -0.153. The maximum atomic E-state index is 14.3. The average molecular weight is 1490 g/mol. The van der Waals surface area contributed by atoms with Crippen molar-refractivity contribution >= 4 is 111 Å². The van der Waals surface area contributed by atoms with Gasteiger partial charge in [0.15, 0.2) is 0 Å². The molecule has 4 aliphatic rings. The Bertz CT molecular complexity index is 3550. The molecule has 4 fully saturated rings. The lowest BCUT2D eigenvalue weighted by atomic mass is 9.99. The molecule has 4 saturated heterocycles. The minimum absolute atomic E-state index is 0.00691. The number of benzene rings is 1. The van der Waals surface area contributed by atoms with Gasteiger partial charge in [-0.15, -0.1) is 0 Å². The van der Waals surface area contributed by atoms with Crippen LogP contribution in [0.3, 0.4) is 0 Å². The summed E-state index contributed by atoms with van der Waals surface area (Å²) in [7, 11) is 0. The molecule has 4 aliphatic heterocycles. The summed E-state index contributed by atoms with van der Waals surface area (Å²) in [5.41, 5.74) is 18.6. The van der Waals surface area contributed by atoms with E-state index in [4.69, 9.17) is 17.2 Å². The number of nitrogens with zero attached hydrogens (tertiary/aromatic N) is 4. The zero-order chi connectivity index (χ0) is 78.1. The van der Waals surface area contributed by atoms with E-state index >= 15 is 0 Å². The number of unbranched alkanes of at least 4 members (excludes halogenated alkanes) is 1. The van der Waals surface area contributed by atoms with Crippen molar-refractivity contribution in [2.45, 2.75) is 196 Å². The molecule has 1 aromatic carbocycles. The number of para-hydroxylation sites is 1. The van der Waals surface area contributed by atoms with Crippen LogP contribution in [0.1, 0.15) is 123 Å². The average Bonchev–Trinajstić information content (AvgIpc) is 1.65. The van der Waals surface area contributed by atoms with Crippen molar-refractivity contribution in [1.82, 2.24) is 77.8 Å². The molecule has 0 unspecified atom stereocenters. The Balaban J connectivity index is 0.967. The highest BCUT2D eigenvalue weighted by molar-refractivity contribution is 6.01. The SMILES string of the molecule is CC(C)C[C@H](NC(=O)[C@H](Cc1c[nH]c2ccccc12)NC(=O)[C@@H](N)CCC(=O)O)C(=O)N[C@@H](CCCCN)C(=O)N[C@@H](CC(N)=O)C(=O)NCC(=O)NCC(=O)N1CCC[C@H]1C(=O)N[C@@H](CO)C(=O)N[C@@H](CO)C(=O)NCC(=O)N[C@@H](C)C(=O)N1CCC[C@H]1C(=O)N1CCC[C@H]1C(=O)N1CCC[C@H]1C(=O)O. The fourth-order valence-corrected chi connectivity index (χ4v) is 13.1. The molecule has 6 rings (SSSR count). The van der Waals surface area contributed by atoms with Crippen molar-refractivity contribution in [1.29, 1.82) is 0 Å². The van der Waals surface area contributed by atoms with Gasteiger partial charge in [0.25, 0.3) is 0 Å². The van der Waals surface area contributed by atoms with Crippen molar-refractivity contribution in [3.63, 3.8) is 0 Å². The van der Waals surface area contributed by atoms with Crippen LogP contribution in [0.25, 0.3) is 10.9 Å². The van der Waals surface area contributed by atoms with Crippen molar-refractivity contribution in [3.8, 4) is 0 Å². The van der Waals surface area contributed by atoms with Crippen LogP contribution in [-0.4, -0.2) is 284 Å². The third-order valence-electron chi connectivity index (χ3n) is 18.7. The zero-order valence-electron chi connectivity index (χ0n) is 59.5. The predicted molar refractivity (Wildman–Crippen MR) is 372 cm³/mol.